The topological polar surface area (TPSA) is 46.4 Å². The van der Waals surface area contributed by atoms with E-state index in [9.17, 15) is 9.18 Å². The van der Waals surface area contributed by atoms with Gasteiger partial charge in [-0.3, -0.25) is 4.79 Å². The maximum atomic E-state index is 12.9. The summed E-state index contributed by atoms with van der Waals surface area (Å²) in [4.78, 5) is 12.0. The Morgan fingerprint density at radius 1 is 1.07 bits per heavy atom. The second kappa shape index (κ2) is 8.21. The van der Waals surface area contributed by atoms with Crippen LogP contribution in [0, 0.1) is 33.5 Å². The van der Waals surface area contributed by atoms with Crippen molar-refractivity contribution in [3.05, 3.63) is 88.0 Å². The van der Waals surface area contributed by atoms with Gasteiger partial charge in [-0.25, -0.2) is 9.82 Å². The first-order valence-corrected chi connectivity index (χ1v) is 9.18. The second-order valence-corrected chi connectivity index (χ2v) is 7.05. The molecule has 5 heteroatoms. The molecule has 0 saturated heterocycles. The predicted molar refractivity (Wildman–Crippen MR) is 111 cm³/mol. The largest absolute Gasteiger partial charge is 0.318 e. The molecule has 4 nitrogen and oxygen atoms in total. The van der Waals surface area contributed by atoms with Crippen LogP contribution in [-0.2, 0) is 11.2 Å². The van der Waals surface area contributed by atoms with Gasteiger partial charge in [0, 0.05) is 22.6 Å². The molecule has 3 aromatic rings. The minimum absolute atomic E-state index is 0.152. The number of benzene rings is 2. The van der Waals surface area contributed by atoms with Gasteiger partial charge in [0.2, 0.25) is 5.91 Å². The first kappa shape index (κ1) is 19.5. The third-order valence-electron chi connectivity index (χ3n) is 4.73. The van der Waals surface area contributed by atoms with Crippen LogP contribution in [0.15, 0.2) is 53.6 Å². The van der Waals surface area contributed by atoms with E-state index in [2.05, 4.69) is 54.1 Å². The highest BCUT2D eigenvalue weighted by Gasteiger charge is 2.11. The quantitative estimate of drug-likeness (QED) is 0.515. The molecule has 1 aromatic heterocycles. The Morgan fingerprint density at radius 3 is 2.46 bits per heavy atom. The Balaban J connectivity index is 1.72. The summed E-state index contributed by atoms with van der Waals surface area (Å²) in [5, 5.41) is 4.09. The van der Waals surface area contributed by atoms with E-state index in [1.165, 1.54) is 23.3 Å². The fourth-order valence-corrected chi connectivity index (χ4v) is 3.35. The van der Waals surface area contributed by atoms with Crippen molar-refractivity contribution in [2.75, 3.05) is 0 Å². The molecule has 0 aliphatic heterocycles. The summed E-state index contributed by atoms with van der Waals surface area (Å²) in [6, 6.07) is 14.3. The van der Waals surface area contributed by atoms with Gasteiger partial charge in [-0.2, -0.15) is 5.10 Å². The van der Waals surface area contributed by atoms with Crippen molar-refractivity contribution in [1.82, 2.24) is 9.99 Å². The van der Waals surface area contributed by atoms with E-state index in [0.717, 1.165) is 28.2 Å². The predicted octanol–water partition coefficient (Wildman–Crippen LogP) is 4.54. The highest BCUT2D eigenvalue weighted by molar-refractivity contribution is 5.84. The SMILES string of the molecule is Cc1ccc(-n2c(C)cc(/C=N/NC(=O)Cc3ccc(F)cc3)c2C)c(C)c1. The van der Waals surface area contributed by atoms with E-state index in [0.29, 0.717) is 0 Å². The molecule has 0 saturated carbocycles. The number of carbonyl (C=O) groups is 1. The van der Waals surface area contributed by atoms with Crippen molar-refractivity contribution < 1.29 is 9.18 Å². The lowest BCUT2D eigenvalue weighted by molar-refractivity contribution is -0.120. The molecule has 0 aliphatic carbocycles. The summed E-state index contributed by atoms with van der Waals surface area (Å²) >= 11 is 0. The average molecular weight is 377 g/mol. The van der Waals surface area contributed by atoms with Gasteiger partial charge in [0.25, 0.3) is 0 Å². The van der Waals surface area contributed by atoms with Crippen LogP contribution in [0.1, 0.15) is 33.6 Å². The molecule has 0 spiro atoms. The number of hydrogen-bond acceptors (Lipinski definition) is 2. The minimum atomic E-state index is -0.318. The summed E-state index contributed by atoms with van der Waals surface area (Å²) < 4.78 is 15.1. The Bertz CT molecular complexity index is 1030. The zero-order chi connectivity index (χ0) is 20.3. The first-order valence-electron chi connectivity index (χ1n) is 9.18. The fourth-order valence-electron chi connectivity index (χ4n) is 3.35. The Hall–Kier alpha value is -3.21. The number of nitrogens with one attached hydrogen (secondary N) is 1. The summed E-state index contributed by atoms with van der Waals surface area (Å²) in [6.07, 6.45) is 1.81. The van der Waals surface area contributed by atoms with Crippen LogP contribution >= 0.6 is 0 Å². The Labute approximate surface area is 164 Å². The molecule has 0 aliphatic rings. The number of carbonyl (C=O) groups excluding carboxylic acids is 1. The van der Waals surface area contributed by atoms with Gasteiger partial charge < -0.3 is 4.57 Å². The standard InChI is InChI=1S/C23H24FN3O/c1-15-5-10-22(16(2)11-15)27-17(3)12-20(18(27)4)14-25-26-23(28)13-19-6-8-21(24)9-7-19/h5-12,14H,13H2,1-4H3,(H,26,28)/b25-14+. The molecule has 144 valence electrons. The van der Waals surface area contributed by atoms with Gasteiger partial charge in [0.1, 0.15) is 5.82 Å². The van der Waals surface area contributed by atoms with Crippen molar-refractivity contribution in [1.29, 1.82) is 0 Å². The van der Waals surface area contributed by atoms with E-state index in [1.807, 2.05) is 13.0 Å². The van der Waals surface area contributed by atoms with E-state index in [-0.39, 0.29) is 18.1 Å². The number of aryl methyl sites for hydroxylation is 3. The van der Waals surface area contributed by atoms with Gasteiger partial charge in [-0.15, -0.1) is 0 Å². The number of nitrogens with zero attached hydrogens (tertiary/aromatic N) is 2. The van der Waals surface area contributed by atoms with Gasteiger partial charge in [-0.05, 0) is 63.1 Å². The monoisotopic (exact) mass is 377 g/mol. The van der Waals surface area contributed by atoms with E-state index in [4.69, 9.17) is 0 Å². The van der Waals surface area contributed by atoms with Crippen LogP contribution in [-0.4, -0.2) is 16.7 Å². The lowest BCUT2D eigenvalue weighted by Gasteiger charge is -2.13. The Morgan fingerprint density at radius 2 is 1.79 bits per heavy atom. The summed E-state index contributed by atoms with van der Waals surface area (Å²) in [7, 11) is 0. The van der Waals surface area contributed by atoms with Gasteiger partial charge in [0.15, 0.2) is 0 Å². The second-order valence-electron chi connectivity index (χ2n) is 7.05. The van der Waals surface area contributed by atoms with Crippen LogP contribution in [0.3, 0.4) is 0 Å². The molecule has 0 radical (unpaired) electrons. The van der Waals surface area contributed by atoms with Crippen LogP contribution in [0.2, 0.25) is 0 Å². The highest BCUT2D eigenvalue weighted by atomic mass is 19.1. The fraction of sp³-hybridized carbons (Fsp3) is 0.217. The molecule has 0 unspecified atom stereocenters. The van der Waals surface area contributed by atoms with E-state index < -0.39 is 0 Å². The van der Waals surface area contributed by atoms with Gasteiger partial charge in [0.05, 0.1) is 12.6 Å². The van der Waals surface area contributed by atoms with E-state index >= 15 is 0 Å². The molecular weight excluding hydrogens is 353 g/mol. The molecule has 3 rings (SSSR count). The lowest BCUT2D eigenvalue weighted by atomic mass is 10.1. The molecule has 0 fully saturated rings. The third-order valence-corrected chi connectivity index (χ3v) is 4.73. The normalized spacial score (nSPS) is 11.2. The number of aromatic nitrogens is 1. The van der Waals surface area contributed by atoms with Crippen molar-refractivity contribution in [3.8, 4) is 5.69 Å². The van der Waals surface area contributed by atoms with Gasteiger partial charge >= 0.3 is 0 Å². The molecule has 1 amide bonds. The number of amides is 1. The number of halogens is 1. The van der Waals surface area contributed by atoms with Crippen LogP contribution in [0.5, 0.6) is 0 Å². The van der Waals surface area contributed by atoms with Crippen molar-refractivity contribution in [2.45, 2.75) is 34.1 Å². The first-order chi connectivity index (χ1) is 13.3. The number of rotatable bonds is 5. The van der Waals surface area contributed by atoms with E-state index in [1.54, 1.807) is 18.3 Å². The zero-order valence-corrected chi connectivity index (χ0v) is 16.6. The minimum Gasteiger partial charge on any atom is -0.318 e. The van der Waals surface area contributed by atoms with Crippen molar-refractivity contribution in [2.24, 2.45) is 5.10 Å². The molecule has 28 heavy (non-hydrogen) atoms. The number of hydrogen-bond donors (Lipinski definition) is 1. The summed E-state index contributed by atoms with van der Waals surface area (Å²) in [5.74, 6) is -0.563. The van der Waals surface area contributed by atoms with Crippen molar-refractivity contribution >= 4 is 12.1 Å². The zero-order valence-electron chi connectivity index (χ0n) is 16.6. The molecule has 0 bridgehead atoms. The van der Waals surface area contributed by atoms with Crippen LogP contribution < -0.4 is 5.43 Å². The van der Waals surface area contributed by atoms with Crippen molar-refractivity contribution in [3.63, 3.8) is 0 Å². The number of hydrazone groups is 1. The third kappa shape index (κ3) is 4.36. The average Bonchev–Trinajstić information content (AvgIpc) is 2.91. The van der Waals surface area contributed by atoms with Gasteiger partial charge in [-0.1, -0.05) is 29.8 Å². The molecule has 0 atom stereocenters. The molecule has 1 heterocycles. The highest BCUT2D eigenvalue weighted by Crippen LogP contribution is 2.23. The summed E-state index contributed by atoms with van der Waals surface area (Å²) in [6.45, 7) is 8.27. The molecular formula is C23H24FN3O. The summed E-state index contributed by atoms with van der Waals surface area (Å²) in [5.41, 5.74) is 9.95. The maximum Gasteiger partial charge on any atom is 0.244 e. The van der Waals surface area contributed by atoms with Crippen LogP contribution in [0.25, 0.3) is 5.69 Å². The molecule has 1 N–H and O–H groups in total. The maximum absolute atomic E-state index is 12.9. The lowest BCUT2D eigenvalue weighted by Crippen LogP contribution is -2.19. The smallest absolute Gasteiger partial charge is 0.244 e. The molecule has 2 aromatic carbocycles. The van der Waals surface area contributed by atoms with Crippen LogP contribution in [0.4, 0.5) is 4.39 Å². The Kier molecular flexibility index (Phi) is 5.73.